The van der Waals surface area contributed by atoms with Crippen molar-refractivity contribution in [3.8, 4) is 17.6 Å². The number of benzene rings is 2. The molecule has 0 aliphatic carbocycles. The maximum atomic E-state index is 12.3. The van der Waals surface area contributed by atoms with Gasteiger partial charge in [0.15, 0.2) is 11.5 Å². The molecule has 0 aliphatic heterocycles. The van der Waals surface area contributed by atoms with Gasteiger partial charge in [-0.2, -0.15) is 5.26 Å². The number of anilines is 1. The molecule has 1 amide bonds. The van der Waals surface area contributed by atoms with Crippen molar-refractivity contribution in [1.82, 2.24) is 0 Å². The number of ether oxygens (including phenoxy) is 2. The van der Waals surface area contributed by atoms with Gasteiger partial charge in [-0.1, -0.05) is 28.1 Å². The molecule has 6 heteroatoms. The van der Waals surface area contributed by atoms with Gasteiger partial charge in [0.05, 0.1) is 14.2 Å². The average molecular weight is 387 g/mol. The lowest BCUT2D eigenvalue weighted by Gasteiger charge is -2.10. The zero-order chi connectivity index (χ0) is 17.5. The fraction of sp³-hybridized carbons (Fsp3) is 0.111. The van der Waals surface area contributed by atoms with Gasteiger partial charge in [-0.3, -0.25) is 4.79 Å². The van der Waals surface area contributed by atoms with Crippen molar-refractivity contribution in [2.24, 2.45) is 0 Å². The number of halogens is 1. The van der Waals surface area contributed by atoms with Crippen molar-refractivity contribution in [2.75, 3.05) is 19.5 Å². The number of nitriles is 1. The molecule has 0 saturated carbocycles. The van der Waals surface area contributed by atoms with Gasteiger partial charge in [-0.05, 0) is 35.9 Å². The lowest BCUT2D eigenvalue weighted by Crippen LogP contribution is -2.13. The second-order valence-electron chi connectivity index (χ2n) is 4.75. The quantitative estimate of drug-likeness (QED) is 0.622. The Kier molecular flexibility index (Phi) is 5.99. The van der Waals surface area contributed by atoms with Gasteiger partial charge < -0.3 is 14.8 Å². The van der Waals surface area contributed by atoms with Crippen LogP contribution in [-0.2, 0) is 4.79 Å². The molecule has 2 rings (SSSR count). The van der Waals surface area contributed by atoms with E-state index in [-0.39, 0.29) is 5.57 Å². The first-order chi connectivity index (χ1) is 11.6. The van der Waals surface area contributed by atoms with E-state index in [1.165, 1.54) is 20.3 Å². The van der Waals surface area contributed by atoms with E-state index in [0.29, 0.717) is 17.2 Å². The van der Waals surface area contributed by atoms with Gasteiger partial charge in [0.1, 0.15) is 11.6 Å². The van der Waals surface area contributed by atoms with Crippen molar-refractivity contribution in [2.45, 2.75) is 0 Å². The van der Waals surface area contributed by atoms with Gasteiger partial charge in [-0.15, -0.1) is 0 Å². The van der Waals surface area contributed by atoms with Crippen molar-refractivity contribution in [1.29, 1.82) is 5.26 Å². The zero-order valence-corrected chi connectivity index (χ0v) is 14.8. The molecule has 0 aromatic heterocycles. The van der Waals surface area contributed by atoms with Gasteiger partial charge in [0.25, 0.3) is 5.91 Å². The van der Waals surface area contributed by atoms with E-state index in [4.69, 9.17) is 9.47 Å². The van der Waals surface area contributed by atoms with Crippen LogP contribution in [-0.4, -0.2) is 20.1 Å². The first kappa shape index (κ1) is 17.6. The predicted molar refractivity (Wildman–Crippen MR) is 95.9 cm³/mol. The molecule has 0 fully saturated rings. The highest BCUT2D eigenvalue weighted by atomic mass is 79.9. The number of nitrogens with zero attached hydrogens (tertiary/aromatic N) is 1. The van der Waals surface area contributed by atoms with Crippen molar-refractivity contribution >= 4 is 33.6 Å². The first-order valence-electron chi connectivity index (χ1n) is 6.98. The minimum Gasteiger partial charge on any atom is -0.493 e. The van der Waals surface area contributed by atoms with E-state index in [0.717, 1.165) is 10.0 Å². The number of carbonyl (C=O) groups excluding carboxylic acids is 1. The second kappa shape index (κ2) is 8.18. The summed E-state index contributed by atoms with van der Waals surface area (Å²) in [5.74, 6) is 0.551. The van der Waals surface area contributed by atoms with Crippen molar-refractivity contribution in [3.05, 3.63) is 58.1 Å². The summed E-state index contributed by atoms with van der Waals surface area (Å²) in [6.07, 6.45) is 1.53. The summed E-state index contributed by atoms with van der Waals surface area (Å²) in [6, 6.07) is 14.2. The molecule has 0 spiro atoms. The molecule has 24 heavy (non-hydrogen) atoms. The molecule has 0 bridgehead atoms. The monoisotopic (exact) mass is 386 g/mol. The van der Waals surface area contributed by atoms with Gasteiger partial charge >= 0.3 is 0 Å². The summed E-state index contributed by atoms with van der Waals surface area (Å²) in [6.45, 7) is 0. The molecule has 2 aromatic carbocycles. The topological polar surface area (TPSA) is 71.3 Å². The van der Waals surface area contributed by atoms with Crippen molar-refractivity contribution in [3.63, 3.8) is 0 Å². The lowest BCUT2D eigenvalue weighted by atomic mass is 10.1. The molecule has 2 aromatic rings. The summed E-state index contributed by atoms with van der Waals surface area (Å²) >= 11 is 3.36. The Morgan fingerprint density at radius 2 is 1.92 bits per heavy atom. The molecule has 0 saturated heterocycles. The highest BCUT2D eigenvalue weighted by Crippen LogP contribution is 2.29. The fourth-order valence-corrected chi connectivity index (χ4v) is 2.44. The second-order valence-corrected chi connectivity index (χ2v) is 5.66. The van der Waals surface area contributed by atoms with Crippen LogP contribution in [0.5, 0.6) is 11.5 Å². The van der Waals surface area contributed by atoms with E-state index in [2.05, 4.69) is 21.2 Å². The van der Waals surface area contributed by atoms with Crippen LogP contribution in [0.4, 0.5) is 5.69 Å². The summed E-state index contributed by atoms with van der Waals surface area (Å²) in [7, 11) is 3.04. The number of amides is 1. The van der Waals surface area contributed by atoms with Crippen LogP contribution in [0, 0.1) is 11.3 Å². The normalized spacial score (nSPS) is 10.7. The highest BCUT2D eigenvalue weighted by molar-refractivity contribution is 9.10. The third-order valence-corrected chi connectivity index (χ3v) is 3.66. The number of hydrogen-bond donors (Lipinski definition) is 1. The van der Waals surface area contributed by atoms with Gasteiger partial charge in [-0.25, -0.2) is 0 Å². The van der Waals surface area contributed by atoms with Crippen LogP contribution in [0.1, 0.15) is 5.56 Å². The number of rotatable bonds is 5. The smallest absolute Gasteiger partial charge is 0.266 e. The lowest BCUT2D eigenvalue weighted by molar-refractivity contribution is -0.112. The van der Waals surface area contributed by atoms with E-state index in [1.807, 2.05) is 30.3 Å². The SMILES string of the molecule is COc1ccc(NC(=O)/C(C#N)=C/c2cccc(Br)c2)cc1OC. The van der Waals surface area contributed by atoms with Crippen molar-refractivity contribution < 1.29 is 14.3 Å². The molecule has 1 N–H and O–H groups in total. The Bertz CT molecular complexity index is 825. The Morgan fingerprint density at radius 3 is 2.54 bits per heavy atom. The van der Waals surface area contributed by atoms with Crippen LogP contribution in [0.15, 0.2) is 52.5 Å². The number of methoxy groups -OCH3 is 2. The third kappa shape index (κ3) is 4.37. The van der Waals surface area contributed by atoms with Crippen LogP contribution in [0.25, 0.3) is 6.08 Å². The number of hydrogen-bond acceptors (Lipinski definition) is 4. The molecule has 0 atom stereocenters. The Labute approximate surface area is 148 Å². The summed E-state index contributed by atoms with van der Waals surface area (Å²) in [4.78, 5) is 12.3. The Hall–Kier alpha value is -2.78. The van der Waals surface area contributed by atoms with Crippen LogP contribution in [0.3, 0.4) is 0 Å². The first-order valence-corrected chi connectivity index (χ1v) is 7.77. The number of nitrogens with one attached hydrogen (secondary N) is 1. The minimum atomic E-state index is -0.496. The van der Waals surface area contributed by atoms with Crippen LogP contribution >= 0.6 is 15.9 Å². The predicted octanol–water partition coefficient (Wildman–Crippen LogP) is 4.01. The zero-order valence-electron chi connectivity index (χ0n) is 13.2. The van der Waals surface area contributed by atoms with Gasteiger partial charge in [0, 0.05) is 16.2 Å². The summed E-state index contributed by atoms with van der Waals surface area (Å²) in [5.41, 5.74) is 1.26. The molecule has 0 radical (unpaired) electrons. The number of carbonyl (C=O) groups is 1. The van der Waals surface area contributed by atoms with Crippen LogP contribution in [0.2, 0.25) is 0 Å². The summed E-state index contributed by atoms with van der Waals surface area (Å²) < 4.78 is 11.2. The maximum absolute atomic E-state index is 12.3. The minimum absolute atomic E-state index is 0.00267. The fourth-order valence-electron chi connectivity index (χ4n) is 2.02. The molecular weight excluding hydrogens is 372 g/mol. The van der Waals surface area contributed by atoms with E-state index < -0.39 is 5.91 Å². The van der Waals surface area contributed by atoms with Crippen LogP contribution < -0.4 is 14.8 Å². The third-order valence-electron chi connectivity index (χ3n) is 3.17. The van der Waals surface area contributed by atoms with E-state index >= 15 is 0 Å². The Balaban J connectivity index is 2.23. The summed E-state index contributed by atoms with van der Waals surface area (Å²) in [5, 5.41) is 11.9. The highest BCUT2D eigenvalue weighted by Gasteiger charge is 2.11. The van der Waals surface area contributed by atoms with E-state index in [1.54, 1.807) is 18.2 Å². The average Bonchev–Trinajstić information content (AvgIpc) is 2.59. The molecule has 122 valence electrons. The van der Waals surface area contributed by atoms with E-state index in [9.17, 15) is 10.1 Å². The molecule has 5 nitrogen and oxygen atoms in total. The van der Waals surface area contributed by atoms with Gasteiger partial charge in [0.2, 0.25) is 0 Å². The maximum Gasteiger partial charge on any atom is 0.266 e. The molecule has 0 unspecified atom stereocenters. The largest absolute Gasteiger partial charge is 0.493 e. The molecule has 0 aliphatic rings. The Morgan fingerprint density at radius 1 is 1.17 bits per heavy atom. The molecule has 0 heterocycles. The standard InChI is InChI=1S/C18H15BrN2O3/c1-23-16-7-6-15(10-17(16)24-2)21-18(22)13(11-20)8-12-4-3-5-14(19)9-12/h3-10H,1-2H3,(H,21,22)/b13-8+. The molecular formula is C18H15BrN2O3.